The molecule has 0 saturated carbocycles. The van der Waals surface area contributed by atoms with Crippen molar-refractivity contribution in [3.05, 3.63) is 23.8 Å². The number of rotatable bonds is 2. The van der Waals surface area contributed by atoms with Gasteiger partial charge in [0.1, 0.15) is 6.73 Å². The van der Waals surface area contributed by atoms with Gasteiger partial charge >= 0.3 is 0 Å². The van der Waals surface area contributed by atoms with Crippen molar-refractivity contribution in [1.82, 2.24) is 5.32 Å². The molecule has 0 bridgehead atoms. The number of Topliss-reactive ketones (excluding diaryl/α,β-unsaturated/α-hetero) is 1. The van der Waals surface area contributed by atoms with Crippen molar-refractivity contribution in [3.8, 4) is 0 Å². The summed E-state index contributed by atoms with van der Waals surface area (Å²) in [5, 5.41) is 4.22. The molecule has 0 spiro atoms. The van der Waals surface area contributed by atoms with Crippen LogP contribution in [0.3, 0.4) is 0 Å². The quantitative estimate of drug-likeness (QED) is 0.627. The van der Waals surface area contributed by atoms with Gasteiger partial charge in [-0.2, -0.15) is 0 Å². The first-order valence-corrected chi connectivity index (χ1v) is 4.49. The number of ether oxygens (including phenoxy) is 1. The van der Waals surface area contributed by atoms with E-state index in [0.717, 1.165) is 12.0 Å². The molecule has 0 aromatic rings. The fourth-order valence-electron chi connectivity index (χ4n) is 1.54. The summed E-state index contributed by atoms with van der Waals surface area (Å²) in [5.74, 6) is 0.226. The van der Waals surface area contributed by atoms with Crippen LogP contribution >= 0.6 is 0 Å². The predicted molar refractivity (Wildman–Crippen MR) is 48.2 cm³/mol. The lowest BCUT2D eigenvalue weighted by atomic mass is 9.97. The lowest BCUT2D eigenvalue weighted by molar-refractivity contribution is -0.115. The number of allylic oxidation sites excluding steroid dienone is 3. The lowest BCUT2D eigenvalue weighted by Crippen LogP contribution is -2.20. The van der Waals surface area contributed by atoms with Crippen LogP contribution in [-0.2, 0) is 9.53 Å². The maximum absolute atomic E-state index is 11.4. The van der Waals surface area contributed by atoms with Crippen LogP contribution in [0.25, 0.3) is 0 Å². The van der Waals surface area contributed by atoms with Crippen LogP contribution in [0.15, 0.2) is 23.8 Å². The second-order valence-electron chi connectivity index (χ2n) is 3.29. The van der Waals surface area contributed by atoms with E-state index in [0.29, 0.717) is 19.8 Å². The Labute approximate surface area is 77.5 Å². The van der Waals surface area contributed by atoms with E-state index in [1.807, 2.05) is 18.2 Å². The van der Waals surface area contributed by atoms with Crippen LogP contribution in [0, 0.1) is 0 Å². The minimum atomic E-state index is 0.196. The zero-order valence-corrected chi connectivity index (χ0v) is 7.40. The molecule has 0 unspecified atom stereocenters. The molecule has 0 aromatic carbocycles. The van der Waals surface area contributed by atoms with Gasteiger partial charge < -0.3 is 4.74 Å². The number of hydrogen-bond acceptors (Lipinski definition) is 2. The zero-order chi connectivity index (χ0) is 9.10. The van der Waals surface area contributed by atoms with Crippen molar-refractivity contribution in [2.24, 2.45) is 0 Å². The first-order valence-electron chi connectivity index (χ1n) is 4.49. The molecule has 1 aliphatic heterocycles. The predicted octanol–water partition coefficient (Wildman–Crippen LogP) is 0.793. The molecule has 0 aromatic heterocycles. The van der Waals surface area contributed by atoms with Crippen LogP contribution in [0.5, 0.6) is 0 Å². The summed E-state index contributed by atoms with van der Waals surface area (Å²) >= 11 is 0. The van der Waals surface area contributed by atoms with Crippen LogP contribution in [-0.4, -0.2) is 25.2 Å². The Morgan fingerprint density at radius 3 is 3.23 bits per heavy atom. The Morgan fingerprint density at radius 1 is 1.62 bits per heavy atom. The molecule has 1 heterocycles. The summed E-state index contributed by atoms with van der Waals surface area (Å²) in [6, 6.07) is 0.196. The van der Waals surface area contributed by atoms with Gasteiger partial charge in [0.25, 0.3) is 0 Å². The molecular formula is C10H12NO2. The number of ketones is 1. The third kappa shape index (κ3) is 2.05. The van der Waals surface area contributed by atoms with Crippen LogP contribution in [0.2, 0.25) is 0 Å². The second kappa shape index (κ2) is 3.85. The second-order valence-corrected chi connectivity index (χ2v) is 3.29. The minimum absolute atomic E-state index is 0.196. The molecule has 13 heavy (non-hydrogen) atoms. The molecule has 1 atom stereocenters. The third-order valence-electron chi connectivity index (χ3n) is 2.28. The summed E-state index contributed by atoms with van der Waals surface area (Å²) in [5.41, 5.74) is 0.891. The van der Waals surface area contributed by atoms with Crippen molar-refractivity contribution >= 4 is 5.78 Å². The van der Waals surface area contributed by atoms with Crippen molar-refractivity contribution in [2.45, 2.75) is 18.9 Å². The van der Waals surface area contributed by atoms with Crippen molar-refractivity contribution in [3.63, 3.8) is 0 Å². The van der Waals surface area contributed by atoms with Gasteiger partial charge in [-0.15, -0.1) is 0 Å². The number of carbonyl (C=O) groups is 1. The fraction of sp³-hybridized carbons (Fsp3) is 0.500. The molecule has 1 radical (unpaired) electrons. The average molecular weight is 178 g/mol. The Kier molecular flexibility index (Phi) is 2.57. The molecule has 1 saturated heterocycles. The molecule has 1 aliphatic carbocycles. The monoisotopic (exact) mass is 178 g/mol. The van der Waals surface area contributed by atoms with E-state index in [2.05, 4.69) is 5.32 Å². The minimum Gasteiger partial charge on any atom is -0.363 e. The summed E-state index contributed by atoms with van der Waals surface area (Å²) in [4.78, 5) is 11.4. The van der Waals surface area contributed by atoms with Crippen LogP contribution in [0.4, 0.5) is 0 Å². The SMILES string of the molecule is O=C1CC=CC=C1C[C@H]1COC[N]1. The molecule has 3 nitrogen and oxygen atoms in total. The van der Waals surface area contributed by atoms with Gasteiger partial charge in [-0.25, -0.2) is 5.32 Å². The zero-order valence-electron chi connectivity index (χ0n) is 7.40. The van der Waals surface area contributed by atoms with Crippen LogP contribution in [0.1, 0.15) is 12.8 Å². The maximum atomic E-state index is 11.4. The van der Waals surface area contributed by atoms with Gasteiger partial charge in [-0.05, 0) is 12.0 Å². The van der Waals surface area contributed by atoms with Gasteiger partial charge in [-0.1, -0.05) is 18.2 Å². The summed E-state index contributed by atoms with van der Waals surface area (Å²) in [6.45, 7) is 1.15. The Hall–Kier alpha value is -0.930. The number of carbonyl (C=O) groups excluding carboxylic acids is 1. The molecule has 1 fully saturated rings. The third-order valence-corrected chi connectivity index (χ3v) is 2.28. The normalized spacial score (nSPS) is 27.8. The largest absolute Gasteiger partial charge is 0.363 e. The summed E-state index contributed by atoms with van der Waals surface area (Å²) in [6.07, 6.45) is 6.99. The average Bonchev–Trinajstić information content (AvgIpc) is 2.61. The lowest BCUT2D eigenvalue weighted by Gasteiger charge is -2.10. The molecule has 2 aliphatic rings. The van der Waals surface area contributed by atoms with Gasteiger partial charge in [0, 0.05) is 6.42 Å². The van der Waals surface area contributed by atoms with E-state index >= 15 is 0 Å². The standard InChI is InChI=1S/C10H12NO2/c12-10-4-2-1-3-8(10)5-9-6-13-7-11-9/h1-3,9H,4-7H2/t9-/m0/s1. The smallest absolute Gasteiger partial charge is 0.162 e. The molecule has 0 N–H and O–H groups in total. The molecule has 69 valence electrons. The first kappa shape index (κ1) is 8.66. The molecule has 2 rings (SSSR count). The highest BCUT2D eigenvalue weighted by molar-refractivity contribution is 5.97. The highest BCUT2D eigenvalue weighted by Crippen LogP contribution is 2.16. The van der Waals surface area contributed by atoms with Gasteiger partial charge in [-0.3, -0.25) is 4.79 Å². The molecular weight excluding hydrogens is 166 g/mol. The first-order chi connectivity index (χ1) is 6.36. The van der Waals surface area contributed by atoms with E-state index in [9.17, 15) is 4.79 Å². The highest BCUT2D eigenvalue weighted by Gasteiger charge is 2.20. The number of nitrogens with zero attached hydrogens (tertiary/aromatic N) is 1. The van der Waals surface area contributed by atoms with E-state index in [4.69, 9.17) is 4.74 Å². The van der Waals surface area contributed by atoms with Crippen molar-refractivity contribution in [1.29, 1.82) is 0 Å². The Bertz CT molecular complexity index is 262. The van der Waals surface area contributed by atoms with E-state index in [-0.39, 0.29) is 11.8 Å². The van der Waals surface area contributed by atoms with Crippen molar-refractivity contribution in [2.75, 3.05) is 13.3 Å². The molecule has 3 heteroatoms. The Morgan fingerprint density at radius 2 is 2.54 bits per heavy atom. The van der Waals surface area contributed by atoms with Crippen LogP contribution < -0.4 is 5.32 Å². The van der Waals surface area contributed by atoms with Crippen molar-refractivity contribution < 1.29 is 9.53 Å². The molecule has 0 amide bonds. The number of hydrogen-bond donors (Lipinski definition) is 0. The fourth-order valence-corrected chi connectivity index (χ4v) is 1.54. The highest BCUT2D eigenvalue weighted by atomic mass is 16.5. The van der Waals surface area contributed by atoms with Gasteiger partial charge in [0.05, 0.1) is 12.6 Å². The van der Waals surface area contributed by atoms with Gasteiger partial charge in [0.15, 0.2) is 5.78 Å². The van der Waals surface area contributed by atoms with Gasteiger partial charge in [0.2, 0.25) is 0 Å². The topological polar surface area (TPSA) is 40.4 Å². The van der Waals surface area contributed by atoms with E-state index in [1.54, 1.807) is 0 Å². The van der Waals surface area contributed by atoms with E-state index < -0.39 is 0 Å². The Balaban J connectivity index is 1.95. The van der Waals surface area contributed by atoms with E-state index in [1.165, 1.54) is 0 Å². The summed E-state index contributed by atoms with van der Waals surface area (Å²) in [7, 11) is 0. The maximum Gasteiger partial charge on any atom is 0.162 e. The summed E-state index contributed by atoms with van der Waals surface area (Å²) < 4.78 is 5.11.